The molecule has 2 rings (SSSR count). The number of hydrogen-bond acceptors (Lipinski definition) is 1. The number of benzene rings is 2. The van der Waals surface area contributed by atoms with E-state index < -0.39 is 0 Å². The average molecular weight is 282 g/mol. The van der Waals surface area contributed by atoms with Crippen molar-refractivity contribution in [3.05, 3.63) is 70.2 Å². The Hall–Kier alpha value is -1.45. The van der Waals surface area contributed by atoms with Gasteiger partial charge in [-0.05, 0) is 36.7 Å². The van der Waals surface area contributed by atoms with E-state index in [1.165, 1.54) is 18.2 Å². The fourth-order valence-electron chi connectivity index (χ4n) is 1.83. The van der Waals surface area contributed by atoms with Gasteiger partial charge < -0.3 is 5.32 Å². The molecule has 100 valence electrons. The molecular weight excluding hydrogens is 268 g/mol. The number of nitrogens with one attached hydrogen (secondary N) is 1. The lowest BCUT2D eigenvalue weighted by atomic mass is 10.1. The molecule has 0 aliphatic rings. The molecule has 0 aromatic heterocycles. The molecule has 0 heterocycles. The third kappa shape index (κ3) is 4.01. The van der Waals surface area contributed by atoms with Gasteiger partial charge in [0.05, 0.1) is 5.02 Å². The zero-order chi connectivity index (χ0) is 13.7. The van der Waals surface area contributed by atoms with Crippen LogP contribution in [0.2, 0.25) is 5.02 Å². The molecule has 0 bridgehead atoms. The maximum Gasteiger partial charge on any atom is 0.146 e. The van der Waals surface area contributed by atoms with E-state index in [-0.39, 0.29) is 16.7 Å². The van der Waals surface area contributed by atoms with Crippen molar-refractivity contribution in [1.29, 1.82) is 0 Å². The average Bonchev–Trinajstić information content (AvgIpc) is 2.39. The van der Waals surface area contributed by atoms with Gasteiger partial charge in [-0.25, -0.2) is 8.78 Å². The van der Waals surface area contributed by atoms with Crippen molar-refractivity contribution >= 4 is 11.6 Å². The van der Waals surface area contributed by atoms with Gasteiger partial charge in [0.25, 0.3) is 0 Å². The summed E-state index contributed by atoms with van der Waals surface area (Å²) in [6.07, 6.45) is 0.694. The van der Waals surface area contributed by atoms with Gasteiger partial charge >= 0.3 is 0 Å². The zero-order valence-corrected chi connectivity index (χ0v) is 11.1. The molecule has 0 amide bonds. The molecular formula is C15H14ClF2N. The van der Waals surface area contributed by atoms with Crippen LogP contribution in [0.15, 0.2) is 42.5 Å². The van der Waals surface area contributed by atoms with E-state index in [1.807, 2.05) is 6.07 Å². The van der Waals surface area contributed by atoms with Crippen LogP contribution >= 0.6 is 11.6 Å². The minimum atomic E-state index is -0.387. The van der Waals surface area contributed by atoms with E-state index >= 15 is 0 Å². The van der Waals surface area contributed by atoms with E-state index in [1.54, 1.807) is 18.2 Å². The van der Waals surface area contributed by atoms with E-state index in [0.717, 1.165) is 5.56 Å². The van der Waals surface area contributed by atoms with Gasteiger partial charge in [0.15, 0.2) is 0 Å². The molecule has 0 fully saturated rings. The van der Waals surface area contributed by atoms with E-state index in [9.17, 15) is 8.78 Å². The molecule has 4 heteroatoms. The first-order chi connectivity index (χ1) is 9.16. The number of rotatable bonds is 5. The highest BCUT2D eigenvalue weighted by molar-refractivity contribution is 6.30. The van der Waals surface area contributed by atoms with Crippen LogP contribution in [-0.4, -0.2) is 6.54 Å². The standard InChI is InChI=1S/C15H14ClF2N/c16-14-6-2-4-12(15(14)18)10-19-8-7-11-3-1-5-13(17)9-11/h1-6,9,19H,7-8,10H2. The number of halogens is 3. The highest BCUT2D eigenvalue weighted by atomic mass is 35.5. The highest BCUT2D eigenvalue weighted by Gasteiger charge is 2.05. The third-order valence-electron chi connectivity index (χ3n) is 2.83. The minimum absolute atomic E-state index is 0.129. The third-order valence-corrected chi connectivity index (χ3v) is 3.12. The van der Waals surface area contributed by atoms with Crippen LogP contribution in [0, 0.1) is 11.6 Å². The van der Waals surface area contributed by atoms with Gasteiger partial charge in [-0.1, -0.05) is 35.9 Å². The Morgan fingerprint density at radius 1 is 1.05 bits per heavy atom. The summed E-state index contributed by atoms with van der Waals surface area (Å²) in [5.74, 6) is -0.624. The van der Waals surface area contributed by atoms with E-state index in [0.29, 0.717) is 25.1 Å². The summed E-state index contributed by atoms with van der Waals surface area (Å²) in [5.41, 5.74) is 1.45. The van der Waals surface area contributed by atoms with Crippen LogP contribution in [0.25, 0.3) is 0 Å². The maximum absolute atomic E-state index is 13.6. The quantitative estimate of drug-likeness (QED) is 0.818. The Bertz CT molecular complexity index is 558. The summed E-state index contributed by atoms with van der Waals surface area (Å²) < 4.78 is 26.5. The van der Waals surface area contributed by atoms with Crippen molar-refractivity contribution in [1.82, 2.24) is 5.32 Å². The lowest BCUT2D eigenvalue weighted by Gasteiger charge is -2.07. The van der Waals surface area contributed by atoms with Gasteiger partial charge in [0, 0.05) is 12.1 Å². The van der Waals surface area contributed by atoms with Crippen LogP contribution in [-0.2, 0) is 13.0 Å². The topological polar surface area (TPSA) is 12.0 Å². The fourth-order valence-corrected chi connectivity index (χ4v) is 2.03. The second-order valence-corrected chi connectivity index (χ2v) is 4.68. The summed E-state index contributed by atoms with van der Waals surface area (Å²) in [7, 11) is 0. The van der Waals surface area contributed by atoms with Gasteiger partial charge in [-0.15, -0.1) is 0 Å². The monoisotopic (exact) mass is 281 g/mol. The molecule has 0 atom stereocenters. The first kappa shape index (κ1) is 14.0. The number of hydrogen-bond donors (Lipinski definition) is 1. The molecule has 0 unspecified atom stereocenters. The molecule has 0 aliphatic carbocycles. The predicted octanol–water partition coefficient (Wildman–Crippen LogP) is 3.95. The van der Waals surface area contributed by atoms with Crippen molar-refractivity contribution in [2.75, 3.05) is 6.54 Å². The van der Waals surface area contributed by atoms with Crippen LogP contribution in [0.4, 0.5) is 8.78 Å². The minimum Gasteiger partial charge on any atom is -0.312 e. The Morgan fingerprint density at radius 3 is 2.63 bits per heavy atom. The van der Waals surface area contributed by atoms with Crippen LogP contribution in [0.5, 0.6) is 0 Å². The molecule has 2 aromatic carbocycles. The SMILES string of the molecule is Fc1cccc(CCNCc2cccc(Cl)c2F)c1. The Balaban J connectivity index is 1.82. The van der Waals surface area contributed by atoms with Gasteiger partial charge in [-0.3, -0.25) is 0 Å². The lowest BCUT2D eigenvalue weighted by Crippen LogP contribution is -2.17. The fraction of sp³-hybridized carbons (Fsp3) is 0.200. The van der Waals surface area contributed by atoms with E-state index in [4.69, 9.17) is 11.6 Å². The van der Waals surface area contributed by atoms with Crippen molar-refractivity contribution < 1.29 is 8.78 Å². The summed E-state index contributed by atoms with van der Waals surface area (Å²) in [5, 5.41) is 3.25. The molecule has 0 spiro atoms. The first-order valence-electron chi connectivity index (χ1n) is 6.05. The second kappa shape index (κ2) is 6.64. The van der Waals surface area contributed by atoms with Crippen LogP contribution in [0.1, 0.15) is 11.1 Å². The predicted molar refractivity (Wildman–Crippen MR) is 73.2 cm³/mol. The Morgan fingerprint density at radius 2 is 1.84 bits per heavy atom. The molecule has 0 radical (unpaired) electrons. The van der Waals surface area contributed by atoms with Crippen LogP contribution in [0.3, 0.4) is 0 Å². The van der Waals surface area contributed by atoms with E-state index in [2.05, 4.69) is 5.32 Å². The molecule has 19 heavy (non-hydrogen) atoms. The first-order valence-corrected chi connectivity index (χ1v) is 6.42. The Labute approximate surface area is 116 Å². The van der Waals surface area contributed by atoms with Gasteiger partial charge in [-0.2, -0.15) is 0 Å². The largest absolute Gasteiger partial charge is 0.312 e. The maximum atomic E-state index is 13.6. The lowest BCUT2D eigenvalue weighted by molar-refractivity contribution is 0.588. The summed E-state index contributed by atoms with van der Waals surface area (Å²) >= 11 is 5.70. The smallest absolute Gasteiger partial charge is 0.146 e. The molecule has 0 saturated carbocycles. The molecule has 0 aliphatic heterocycles. The van der Waals surface area contributed by atoms with Crippen LogP contribution < -0.4 is 5.32 Å². The van der Waals surface area contributed by atoms with Gasteiger partial charge in [0.2, 0.25) is 0 Å². The summed E-state index contributed by atoms with van der Waals surface area (Å²) in [4.78, 5) is 0. The zero-order valence-electron chi connectivity index (χ0n) is 10.3. The molecule has 1 nitrogen and oxygen atoms in total. The van der Waals surface area contributed by atoms with Crippen molar-refractivity contribution in [2.24, 2.45) is 0 Å². The molecule has 0 saturated heterocycles. The molecule has 1 N–H and O–H groups in total. The van der Waals surface area contributed by atoms with Crippen molar-refractivity contribution in [2.45, 2.75) is 13.0 Å². The summed E-state index contributed by atoms with van der Waals surface area (Å²) in [6.45, 7) is 1.05. The van der Waals surface area contributed by atoms with Crippen molar-refractivity contribution in [3.63, 3.8) is 0 Å². The second-order valence-electron chi connectivity index (χ2n) is 4.27. The van der Waals surface area contributed by atoms with Crippen molar-refractivity contribution in [3.8, 4) is 0 Å². The normalized spacial score (nSPS) is 10.7. The Kier molecular flexibility index (Phi) is 4.88. The highest BCUT2D eigenvalue weighted by Crippen LogP contribution is 2.17. The van der Waals surface area contributed by atoms with Gasteiger partial charge in [0.1, 0.15) is 11.6 Å². The molecule has 2 aromatic rings. The summed E-state index contributed by atoms with van der Waals surface area (Å²) in [6, 6.07) is 11.4.